The van der Waals surface area contributed by atoms with E-state index in [9.17, 15) is 4.79 Å². The fourth-order valence-electron chi connectivity index (χ4n) is 2.18. The van der Waals surface area contributed by atoms with Gasteiger partial charge in [0.05, 0.1) is 18.8 Å². The third-order valence-electron chi connectivity index (χ3n) is 3.02. The van der Waals surface area contributed by atoms with E-state index in [2.05, 4.69) is 5.10 Å². The van der Waals surface area contributed by atoms with Crippen LogP contribution in [0, 0.1) is 0 Å². The van der Waals surface area contributed by atoms with Crippen molar-refractivity contribution in [2.45, 2.75) is 12.6 Å². The Kier molecular flexibility index (Phi) is 2.60. The van der Waals surface area contributed by atoms with E-state index >= 15 is 0 Å². The Morgan fingerprint density at radius 1 is 1.39 bits per heavy atom. The Morgan fingerprint density at radius 3 is 2.89 bits per heavy atom. The lowest BCUT2D eigenvalue weighted by Crippen LogP contribution is -2.22. The first-order valence-electron chi connectivity index (χ1n) is 5.80. The van der Waals surface area contributed by atoms with Crippen molar-refractivity contribution in [2.24, 2.45) is 5.73 Å². The number of amides is 1. The second kappa shape index (κ2) is 4.27. The zero-order chi connectivity index (χ0) is 12.5. The highest BCUT2D eigenvalue weighted by Gasteiger charge is 2.25. The highest BCUT2D eigenvalue weighted by molar-refractivity contribution is 5.90. The number of ether oxygens (including phenoxy) is 1. The number of primary amides is 1. The van der Waals surface area contributed by atoms with Crippen molar-refractivity contribution in [3.8, 4) is 0 Å². The first-order valence-corrected chi connectivity index (χ1v) is 5.80. The molecule has 1 aliphatic rings. The van der Waals surface area contributed by atoms with Crippen molar-refractivity contribution in [3.05, 3.63) is 53.3 Å². The number of hydrogen-bond donors (Lipinski definition) is 1. The Morgan fingerprint density at radius 2 is 2.17 bits per heavy atom. The number of carbonyl (C=O) groups is 1. The second-order valence-corrected chi connectivity index (χ2v) is 4.20. The van der Waals surface area contributed by atoms with Crippen molar-refractivity contribution in [3.63, 3.8) is 0 Å². The number of fused-ring (bicyclic) bond motifs is 1. The average Bonchev–Trinajstić information content (AvgIpc) is 2.83. The van der Waals surface area contributed by atoms with Crippen LogP contribution in [0.15, 0.2) is 36.4 Å². The molecular formula is C13H13N3O2. The van der Waals surface area contributed by atoms with Gasteiger partial charge in [-0.3, -0.25) is 9.48 Å². The van der Waals surface area contributed by atoms with Crippen LogP contribution in [0.1, 0.15) is 27.8 Å². The molecule has 1 aromatic carbocycles. The standard InChI is InChI=1S/C13H13N3O2/c14-13(17)10-8-11-12(9-4-2-1-3-5-9)18-7-6-16(11)15-10/h1-5,8,12H,6-7H2,(H2,14,17). The van der Waals surface area contributed by atoms with Gasteiger partial charge >= 0.3 is 0 Å². The highest BCUT2D eigenvalue weighted by atomic mass is 16.5. The van der Waals surface area contributed by atoms with E-state index in [4.69, 9.17) is 10.5 Å². The molecule has 1 atom stereocenters. The maximum atomic E-state index is 11.2. The number of rotatable bonds is 2. The largest absolute Gasteiger partial charge is 0.365 e. The molecule has 18 heavy (non-hydrogen) atoms. The molecule has 0 radical (unpaired) electrons. The van der Waals surface area contributed by atoms with Crippen molar-refractivity contribution >= 4 is 5.91 Å². The minimum Gasteiger partial charge on any atom is -0.365 e. The smallest absolute Gasteiger partial charge is 0.269 e. The van der Waals surface area contributed by atoms with Gasteiger partial charge in [0.15, 0.2) is 0 Å². The van der Waals surface area contributed by atoms with Gasteiger partial charge in [-0.25, -0.2) is 0 Å². The van der Waals surface area contributed by atoms with Crippen LogP contribution in [0.25, 0.3) is 0 Å². The molecule has 2 heterocycles. The first-order chi connectivity index (χ1) is 8.75. The lowest BCUT2D eigenvalue weighted by Gasteiger charge is -2.24. The molecule has 0 fully saturated rings. The van der Waals surface area contributed by atoms with Crippen LogP contribution in [0.4, 0.5) is 0 Å². The third kappa shape index (κ3) is 1.78. The fourth-order valence-corrected chi connectivity index (χ4v) is 2.18. The van der Waals surface area contributed by atoms with Gasteiger partial charge < -0.3 is 10.5 Å². The number of nitrogens with two attached hydrogens (primary N) is 1. The molecule has 5 heteroatoms. The molecule has 0 saturated heterocycles. The molecule has 1 amide bonds. The van der Waals surface area contributed by atoms with Crippen LogP contribution in [-0.2, 0) is 11.3 Å². The summed E-state index contributed by atoms with van der Waals surface area (Å²) in [6.07, 6.45) is -0.180. The predicted octanol–water partition coefficient (Wildman–Crippen LogP) is 1.10. The number of aromatic nitrogens is 2. The maximum absolute atomic E-state index is 11.2. The third-order valence-corrected chi connectivity index (χ3v) is 3.02. The van der Waals surface area contributed by atoms with Gasteiger partial charge in [-0.15, -0.1) is 0 Å². The summed E-state index contributed by atoms with van der Waals surface area (Å²) in [5.74, 6) is -0.510. The van der Waals surface area contributed by atoms with Crippen molar-refractivity contribution < 1.29 is 9.53 Å². The Hall–Kier alpha value is -2.14. The van der Waals surface area contributed by atoms with Crippen LogP contribution in [0.2, 0.25) is 0 Å². The van der Waals surface area contributed by atoms with Crippen LogP contribution < -0.4 is 5.73 Å². The second-order valence-electron chi connectivity index (χ2n) is 4.20. The van der Waals surface area contributed by atoms with E-state index in [0.29, 0.717) is 13.2 Å². The zero-order valence-corrected chi connectivity index (χ0v) is 9.74. The van der Waals surface area contributed by atoms with Crippen LogP contribution in [0.5, 0.6) is 0 Å². The summed E-state index contributed by atoms with van der Waals surface area (Å²) in [5, 5.41) is 4.19. The summed E-state index contributed by atoms with van der Waals surface area (Å²) in [6, 6.07) is 11.6. The summed E-state index contributed by atoms with van der Waals surface area (Å²) in [4.78, 5) is 11.2. The van der Waals surface area contributed by atoms with Crippen LogP contribution >= 0.6 is 0 Å². The van der Waals surface area contributed by atoms with E-state index in [1.54, 1.807) is 10.7 Å². The van der Waals surface area contributed by atoms with E-state index in [0.717, 1.165) is 11.3 Å². The lowest BCUT2D eigenvalue weighted by atomic mass is 10.1. The zero-order valence-electron chi connectivity index (χ0n) is 9.74. The molecule has 0 aliphatic carbocycles. The van der Waals surface area contributed by atoms with Gasteiger partial charge in [-0.05, 0) is 11.6 Å². The Bertz CT molecular complexity index is 577. The minimum absolute atomic E-state index is 0.180. The van der Waals surface area contributed by atoms with Gasteiger partial charge in [-0.2, -0.15) is 5.10 Å². The van der Waals surface area contributed by atoms with Crippen LogP contribution in [0.3, 0.4) is 0 Å². The molecule has 5 nitrogen and oxygen atoms in total. The fraction of sp³-hybridized carbons (Fsp3) is 0.231. The van der Waals surface area contributed by atoms with E-state index in [1.807, 2.05) is 30.3 Å². The molecule has 3 rings (SSSR count). The average molecular weight is 243 g/mol. The summed E-state index contributed by atoms with van der Waals surface area (Å²) in [6.45, 7) is 1.22. The van der Waals surface area contributed by atoms with Gasteiger partial charge in [-0.1, -0.05) is 30.3 Å². The Labute approximate surface area is 104 Å². The topological polar surface area (TPSA) is 70.1 Å². The molecule has 2 aromatic rings. The molecule has 0 bridgehead atoms. The molecule has 0 saturated carbocycles. The minimum atomic E-state index is -0.510. The first kappa shape index (κ1) is 11.0. The van der Waals surface area contributed by atoms with Gasteiger partial charge in [0.1, 0.15) is 11.8 Å². The summed E-state index contributed by atoms with van der Waals surface area (Å²) in [7, 11) is 0. The normalized spacial score (nSPS) is 18.3. The summed E-state index contributed by atoms with van der Waals surface area (Å²) in [5.41, 5.74) is 7.47. The molecule has 1 aromatic heterocycles. The number of hydrogen-bond acceptors (Lipinski definition) is 3. The maximum Gasteiger partial charge on any atom is 0.269 e. The number of carbonyl (C=O) groups excluding carboxylic acids is 1. The number of benzene rings is 1. The monoisotopic (exact) mass is 243 g/mol. The quantitative estimate of drug-likeness (QED) is 0.858. The van der Waals surface area contributed by atoms with Crippen LogP contribution in [-0.4, -0.2) is 22.3 Å². The van der Waals surface area contributed by atoms with E-state index in [1.165, 1.54) is 0 Å². The van der Waals surface area contributed by atoms with Gasteiger partial charge in [0.2, 0.25) is 0 Å². The molecular weight excluding hydrogens is 230 g/mol. The predicted molar refractivity (Wildman–Crippen MR) is 65.0 cm³/mol. The molecule has 1 aliphatic heterocycles. The van der Waals surface area contributed by atoms with Gasteiger partial charge in [0, 0.05) is 0 Å². The summed E-state index contributed by atoms with van der Waals surface area (Å²) >= 11 is 0. The van der Waals surface area contributed by atoms with Crippen molar-refractivity contribution in [2.75, 3.05) is 6.61 Å². The van der Waals surface area contributed by atoms with Crippen molar-refractivity contribution in [1.82, 2.24) is 9.78 Å². The molecule has 92 valence electrons. The summed E-state index contributed by atoms with van der Waals surface area (Å²) < 4.78 is 7.56. The molecule has 0 spiro atoms. The number of nitrogens with zero attached hydrogens (tertiary/aromatic N) is 2. The van der Waals surface area contributed by atoms with E-state index in [-0.39, 0.29) is 11.8 Å². The lowest BCUT2D eigenvalue weighted by molar-refractivity contribution is 0.0421. The highest BCUT2D eigenvalue weighted by Crippen LogP contribution is 2.29. The van der Waals surface area contributed by atoms with Gasteiger partial charge in [0.25, 0.3) is 5.91 Å². The Balaban J connectivity index is 2.04. The van der Waals surface area contributed by atoms with Crippen molar-refractivity contribution in [1.29, 1.82) is 0 Å². The van der Waals surface area contributed by atoms with E-state index < -0.39 is 5.91 Å². The SMILES string of the molecule is NC(=O)c1cc2n(n1)CCOC2c1ccccc1. The molecule has 2 N–H and O–H groups in total. The molecule has 1 unspecified atom stereocenters.